The summed E-state index contributed by atoms with van der Waals surface area (Å²) in [7, 11) is 1.64. The fourth-order valence-electron chi connectivity index (χ4n) is 3.24. The summed E-state index contributed by atoms with van der Waals surface area (Å²) in [5, 5.41) is 3.37. The molecule has 2 bridgehead atoms. The third kappa shape index (κ3) is 2.21. The van der Waals surface area contributed by atoms with Gasteiger partial charge in [0.05, 0.1) is 7.11 Å². The van der Waals surface area contributed by atoms with Gasteiger partial charge in [-0.25, -0.2) is 0 Å². The summed E-state index contributed by atoms with van der Waals surface area (Å²) in [6.45, 7) is 2.92. The Morgan fingerprint density at radius 3 is 2.52 bits per heavy atom. The van der Waals surface area contributed by atoms with Crippen molar-refractivity contribution < 1.29 is 14.3 Å². The van der Waals surface area contributed by atoms with Gasteiger partial charge in [-0.05, 0) is 37.5 Å². The Balaban J connectivity index is 1.67. The van der Waals surface area contributed by atoms with E-state index in [1.165, 1.54) is 4.90 Å². The Hall–Kier alpha value is -1.88. The zero-order valence-electron chi connectivity index (χ0n) is 12.4. The second-order valence-electron chi connectivity index (χ2n) is 5.78. The van der Waals surface area contributed by atoms with Gasteiger partial charge in [0.15, 0.2) is 0 Å². The van der Waals surface area contributed by atoms with Gasteiger partial charge < -0.3 is 4.74 Å². The molecule has 0 unspecified atom stereocenters. The van der Waals surface area contributed by atoms with E-state index in [0.717, 1.165) is 11.3 Å². The van der Waals surface area contributed by atoms with Crippen LogP contribution in [0.2, 0.25) is 0 Å². The maximum Gasteiger partial charge on any atom is 0.249 e. The van der Waals surface area contributed by atoms with Crippen molar-refractivity contribution in [1.29, 1.82) is 0 Å². The van der Waals surface area contributed by atoms with Crippen LogP contribution in [-0.4, -0.2) is 35.9 Å². The number of hydrogen-bond donors (Lipinski definition) is 1. The first-order valence-electron chi connectivity index (χ1n) is 7.33. The van der Waals surface area contributed by atoms with Crippen LogP contribution in [0.5, 0.6) is 5.75 Å². The molecule has 2 heterocycles. The average molecular weight is 288 g/mol. The number of rotatable bonds is 5. The van der Waals surface area contributed by atoms with Gasteiger partial charge in [0.25, 0.3) is 0 Å². The summed E-state index contributed by atoms with van der Waals surface area (Å²) in [4.78, 5) is 25.8. The van der Waals surface area contributed by atoms with E-state index >= 15 is 0 Å². The molecule has 2 aliphatic heterocycles. The van der Waals surface area contributed by atoms with E-state index in [2.05, 4.69) is 5.32 Å². The number of methoxy groups -OCH3 is 1. The van der Waals surface area contributed by atoms with Crippen LogP contribution in [0.1, 0.15) is 25.3 Å². The Morgan fingerprint density at radius 1 is 1.29 bits per heavy atom. The van der Waals surface area contributed by atoms with Gasteiger partial charge in [-0.2, -0.15) is 0 Å². The second-order valence-corrected chi connectivity index (χ2v) is 5.78. The molecule has 0 spiro atoms. The lowest BCUT2D eigenvalue weighted by Crippen LogP contribution is -2.72. The largest absolute Gasteiger partial charge is 0.497 e. The minimum atomic E-state index is -0.533. The molecule has 0 radical (unpaired) electrons. The van der Waals surface area contributed by atoms with Crippen LogP contribution >= 0.6 is 0 Å². The number of imide groups is 1. The predicted octanol–water partition coefficient (Wildman–Crippen LogP) is 1.32. The molecule has 1 N–H and O–H groups in total. The molecule has 1 aromatic rings. The van der Waals surface area contributed by atoms with Gasteiger partial charge in [-0.3, -0.25) is 19.8 Å². The van der Waals surface area contributed by atoms with Crippen molar-refractivity contribution in [1.82, 2.24) is 10.2 Å². The standard InChI is InChI=1S/C16H20N2O3/c1-3-18-14(19)12-8-16(9-12,15(18)20)17-10-11-4-6-13(21-2)7-5-11/h4-7,12,17H,3,8-10H2,1-2H3. The van der Waals surface area contributed by atoms with Crippen LogP contribution < -0.4 is 10.1 Å². The number of likely N-dealkylation sites (N-methyl/N-ethyl adjacent to an activating group) is 1. The van der Waals surface area contributed by atoms with Crippen molar-refractivity contribution in [2.75, 3.05) is 13.7 Å². The van der Waals surface area contributed by atoms with Crippen molar-refractivity contribution in [3.05, 3.63) is 29.8 Å². The highest BCUT2D eigenvalue weighted by atomic mass is 16.5. The Morgan fingerprint density at radius 2 is 1.95 bits per heavy atom. The van der Waals surface area contributed by atoms with Crippen LogP contribution in [-0.2, 0) is 16.1 Å². The van der Waals surface area contributed by atoms with E-state index in [-0.39, 0.29) is 17.7 Å². The van der Waals surface area contributed by atoms with Gasteiger partial charge in [0.2, 0.25) is 11.8 Å². The molecular formula is C16H20N2O3. The smallest absolute Gasteiger partial charge is 0.249 e. The average Bonchev–Trinajstić information content (AvgIpc) is 2.46. The topological polar surface area (TPSA) is 58.6 Å². The molecule has 1 aliphatic carbocycles. The third-order valence-corrected chi connectivity index (χ3v) is 4.57. The molecular weight excluding hydrogens is 268 g/mol. The van der Waals surface area contributed by atoms with Crippen LogP contribution in [0.3, 0.4) is 0 Å². The van der Waals surface area contributed by atoms with Crippen LogP contribution in [0.15, 0.2) is 24.3 Å². The zero-order valence-corrected chi connectivity index (χ0v) is 12.4. The molecule has 0 aromatic heterocycles. The minimum absolute atomic E-state index is 0.00405. The van der Waals surface area contributed by atoms with Gasteiger partial charge in [-0.15, -0.1) is 0 Å². The molecule has 21 heavy (non-hydrogen) atoms. The van der Waals surface area contributed by atoms with Crippen molar-refractivity contribution in [2.45, 2.75) is 31.8 Å². The number of nitrogens with one attached hydrogen (secondary N) is 1. The molecule has 112 valence electrons. The van der Waals surface area contributed by atoms with E-state index in [0.29, 0.717) is 25.9 Å². The van der Waals surface area contributed by atoms with Crippen molar-refractivity contribution >= 4 is 11.8 Å². The highest BCUT2D eigenvalue weighted by molar-refractivity contribution is 6.07. The maximum atomic E-state index is 12.5. The van der Waals surface area contributed by atoms with Gasteiger partial charge >= 0.3 is 0 Å². The molecule has 2 saturated heterocycles. The van der Waals surface area contributed by atoms with Crippen LogP contribution in [0.25, 0.3) is 0 Å². The first-order valence-corrected chi connectivity index (χ1v) is 7.33. The lowest BCUT2D eigenvalue weighted by atomic mass is 9.63. The molecule has 5 heteroatoms. The molecule has 4 rings (SSSR count). The van der Waals surface area contributed by atoms with Gasteiger partial charge in [0.1, 0.15) is 11.3 Å². The van der Waals surface area contributed by atoms with Crippen molar-refractivity contribution in [3.8, 4) is 5.75 Å². The number of fused-ring (bicyclic) bond motifs is 2. The van der Waals surface area contributed by atoms with Crippen molar-refractivity contribution in [3.63, 3.8) is 0 Å². The Kier molecular flexibility index (Phi) is 3.45. The summed E-state index contributed by atoms with van der Waals surface area (Å²) in [6, 6.07) is 7.77. The molecule has 3 fully saturated rings. The zero-order chi connectivity index (χ0) is 15.0. The second kappa shape index (κ2) is 5.15. The van der Waals surface area contributed by atoms with Crippen LogP contribution in [0.4, 0.5) is 0 Å². The predicted molar refractivity (Wildman–Crippen MR) is 77.7 cm³/mol. The number of benzene rings is 1. The minimum Gasteiger partial charge on any atom is -0.497 e. The molecule has 3 aliphatic rings. The lowest BCUT2D eigenvalue weighted by Gasteiger charge is -2.53. The highest BCUT2D eigenvalue weighted by Crippen LogP contribution is 2.45. The SMILES string of the molecule is CCN1C(=O)C2CC(NCc3ccc(OC)cc3)(C2)C1=O. The first kappa shape index (κ1) is 14.1. The monoisotopic (exact) mass is 288 g/mol. The quantitative estimate of drug-likeness (QED) is 0.830. The summed E-state index contributed by atoms with van der Waals surface area (Å²) < 4.78 is 5.13. The molecule has 5 nitrogen and oxygen atoms in total. The summed E-state index contributed by atoms with van der Waals surface area (Å²) in [5.41, 5.74) is 0.565. The highest BCUT2D eigenvalue weighted by Gasteiger charge is 2.60. The van der Waals surface area contributed by atoms with E-state index in [1.807, 2.05) is 31.2 Å². The van der Waals surface area contributed by atoms with E-state index in [9.17, 15) is 9.59 Å². The number of hydrogen-bond acceptors (Lipinski definition) is 4. The number of nitrogens with zero attached hydrogens (tertiary/aromatic N) is 1. The fraction of sp³-hybridized carbons (Fsp3) is 0.500. The first-order chi connectivity index (χ1) is 10.1. The fourth-order valence-corrected chi connectivity index (χ4v) is 3.24. The Bertz CT molecular complexity index is 561. The van der Waals surface area contributed by atoms with Crippen molar-refractivity contribution in [2.24, 2.45) is 5.92 Å². The lowest BCUT2D eigenvalue weighted by molar-refractivity contribution is -0.169. The molecule has 0 atom stereocenters. The number of carbonyl (C=O) groups is 2. The van der Waals surface area contributed by atoms with Gasteiger partial charge in [0, 0.05) is 19.0 Å². The number of amides is 2. The maximum absolute atomic E-state index is 12.5. The molecule has 1 saturated carbocycles. The van der Waals surface area contributed by atoms with E-state index < -0.39 is 5.54 Å². The van der Waals surface area contributed by atoms with E-state index in [4.69, 9.17) is 4.74 Å². The summed E-state index contributed by atoms with van der Waals surface area (Å²) in [5.74, 6) is 0.768. The number of ether oxygens (including phenoxy) is 1. The summed E-state index contributed by atoms with van der Waals surface area (Å²) >= 11 is 0. The number of piperidine rings is 2. The molecule has 1 aromatic carbocycles. The van der Waals surface area contributed by atoms with E-state index in [1.54, 1.807) is 7.11 Å². The molecule has 2 amide bonds. The van der Waals surface area contributed by atoms with Gasteiger partial charge in [-0.1, -0.05) is 12.1 Å². The number of carbonyl (C=O) groups excluding carboxylic acids is 2. The third-order valence-electron chi connectivity index (χ3n) is 4.57. The van der Waals surface area contributed by atoms with Crippen LogP contribution in [0, 0.1) is 5.92 Å². The normalized spacial score (nSPS) is 27.5. The Labute approximate surface area is 124 Å². The summed E-state index contributed by atoms with van der Waals surface area (Å²) in [6.07, 6.45) is 1.27.